The van der Waals surface area contributed by atoms with Crippen molar-refractivity contribution in [2.75, 3.05) is 13.7 Å². The predicted molar refractivity (Wildman–Crippen MR) is 354 cm³/mol. The van der Waals surface area contributed by atoms with Crippen LogP contribution < -0.4 is 24.9 Å². The molecule has 13 nitrogen and oxygen atoms in total. The first-order valence-electron chi connectivity index (χ1n) is 31.2. The number of amides is 1. The third-order valence-corrected chi connectivity index (χ3v) is 34.3. The Balaban J connectivity index is 1.45. The van der Waals surface area contributed by atoms with E-state index in [-0.39, 0.29) is 46.3 Å². The lowest BCUT2D eigenvalue weighted by atomic mass is 9.75. The summed E-state index contributed by atoms with van der Waals surface area (Å²) in [4.78, 5) is 42.1. The minimum absolute atomic E-state index is 0.000653. The monoisotopic (exact) mass is 1240 g/mol. The average Bonchev–Trinajstić information content (AvgIpc) is 0.800. The van der Waals surface area contributed by atoms with Crippen molar-refractivity contribution in [3.63, 3.8) is 0 Å². The number of cyclic esters (lactones) is 1. The van der Waals surface area contributed by atoms with Crippen LogP contribution in [-0.2, 0) is 45.7 Å². The van der Waals surface area contributed by atoms with Crippen LogP contribution in [0.25, 0.3) is 0 Å². The van der Waals surface area contributed by atoms with E-state index in [1.807, 2.05) is 101 Å². The first-order chi connectivity index (χ1) is 40.1. The topological polar surface area (TPSA) is 168 Å². The average molecular weight is 1240 g/mol. The lowest BCUT2D eigenvalue weighted by Gasteiger charge is -2.46. The van der Waals surface area contributed by atoms with Crippen molar-refractivity contribution < 1.29 is 56.8 Å². The largest absolute Gasteiger partial charge is 0.542 e. The highest BCUT2D eigenvalue weighted by Crippen LogP contribution is 2.48. The van der Waals surface area contributed by atoms with Crippen molar-refractivity contribution in [3.05, 3.63) is 132 Å². The summed E-state index contributed by atoms with van der Waals surface area (Å²) in [6.45, 7) is 42.4. The number of carbonyl (C=O) groups excluding carboxylic acids is 3. The van der Waals surface area contributed by atoms with E-state index in [2.05, 4.69) is 133 Å². The molecule has 16 heteroatoms. The van der Waals surface area contributed by atoms with Gasteiger partial charge in [-0.25, -0.2) is 4.79 Å². The van der Waals surface area contributed by atoms with Crippen LogP contribution in [0.1, 0.15) is 164 Å². The van der Waals surface area contributed by atoms with Crippen molar-refractivity contribution >= 4 is 53.2 Å². The molecule has 1 heterocycles. The highest BCUT2D eigenvalue weighted by molar-refractivity contribution is 6.99. The molecule has 5 rings (SSSR count). The Kier molecular flexibility index (Phi) is 25.3. The maximum absolute atomic E-state index is 15.2. The highest BCUT2D eigenvalue weighted by atomic mass is 28.4. The van der Waals surface area contributed by atoms with Crippen LogP contribution >= 0.6 is 0 Å². The molecule has 0 saturated carbocycles. The molecule has 4 aromatic carbocycles. The Morgan fingerprint density at radius 2 is 1.29 bits per heavy atom. The molecule has 0 aromatic heterocycles. The zero-order chi connectivity index (χ0) is 64.3. The van der Waals surface area contributed by atoms with Crippen molar-refractivity contribution in [1.82, 2.24) is 5.32 Å². The summed E-state index contributed by atoms with van der Waals surface area (Å²) in [5.74, 6) is -1.37. The highest BCUT2D eigenvalue weighted by Gasteiger charge is 2.54. The van der Waals surface area contributed by atoms with Gasteiger partial charge in [0.25, 0.3) is 22.5 Å². The smallest absolute Gasteiger partial charge is 0.342 e. The Bertz CT molecular complexity index is 2780. The summed E-state index contributed by atoms with van der Waals surface area (Å²) in [6.07, 6.45) is -0.746. The van der Waals surface area contributed by atoms with Crippen molar-refractivity contribution in [3.8, 4) is 11.5 Å². The molecule has 0 aliphatic carbocycles. The van der Waals surface area contributed by atoms with E-state index >= 15 is 4.79 Å². The minimum atomic E-state index is -3.31. The standard InChI is InChI=1S/C70H107NO12Si3/c1-46(2)85(47(3)4,48(5)6)81-60-43-59(79-52(10)72)50(8)56-41-58(80-67(76)64(56)60)51(9)57(73)42-62(74)70(17,18)63(82-84(20,21)68(11,12)13)38-31-39-71-66(75)65(61(77-19)40-49(7)44-78-45-53-32-25-22-26-33-53)83-86(69(14,15)16,54-34-27-23-28-35-54)55-36-29-24-30-37-55/h22-37,39,43,46-49,51,57-58,61-63,65,73-74H,38,40-42,44-45H2,1-21H3,(H,71,75)/b39-31+/t49?,51-,57+,58-,61+,62-,63-,65+/m1/s1. The first kappa shape index (κ1) is 72.0. The molecule has 0 saturated heterocycles. The summed E-state index contributed by atoms with van der Waals surface area (Å²) >= 11 is 0. The molecule has 1 amide bonds. The van der Waals surface area contributed by atoms with Crippen LogP contribution in [0.2, 0.25) is 39.8 Å². The Morgan fingerprint density at radius 1 is 0.756 bits per heavy atom. The van der Waals surface area contributed by atoms with E-state index in [9.17, 15) is 19.8 Å². The summed E-state index contributed by atoms with van der Waals surface area (Å²) in [7, 11) is -6.80. The molecule has 3 N–H and O–H groups in total. The number of nitrogens with one attached hydrogen (secondary N) is 1. The van der Waals surface area contributed by atoms with E-state index in [0.29, 0.717) is 54.2 Å². The Labute approximate surface area is 520 Å². The number of aliphatic hydroxyl groups is 2. The van der Waals surface area contributed by atoms with Gasteiger partial charge in [0.15, 0.2) is 14.4 Å². The Hall–Kier alpha value is -4.76. The fraction of sp³-hybridized carbons (Fsp3) is 0.586. The van der Waals surface area contributed by atoms with E-state index in [4.69, 9.17) is 32.2 Å². The van der Waals surface area contributed by atoms with Crippen molar-refractivity contribution in [2.45, 2.75) is 233 Å². The molecule has 86 heavy (non-hydrogen) atoms. The van der Waals surface area contributed by atoms with Crippen LogP contribution in [0, 0.1) is 24.2 Å². The van der Waals surface area contributed by atoms with E-state index in [1.165, 1.54) is 6.92 Å². The maximum atomic E-state index is 15.2. The number of rotatable bonds is 30. The lowest BCUT2D eigenvalue weighted by Crippen LogP contribution is -2.69. The molecule has 0 bridgehead atoms. The second kappa shape index (κ2) is 30.2. The van der Waals surface area contributed by atoms with Gasteiger partial charge in [0.05, 0.1) is 31.0 Å². The van der Waals surface area contributed by atoms with Crippen molar-refractivity contribution in [1.29, 1.82) is 0 Å². The summed E-state index contributed by atoms with van der Waals surface area (Å²) in [5.41, 5.74) is 2.33. The molecule has 0 fully saturated rings. The second-order valence-electron chi connectivity index (χ2n) is 28.3. The van der Waals surface area contributed by atoms with Crippen LogP contribution in [0.5, 0.6) is 11.5 Å². The molecular formula is C70H107NO12Si3. The quantitative estimate of drug-likeness (QED) is 0.0257. The fourth-order valence-corrected chi connectivity index (χ4v) is 23.9. The molecule has 8 atom stereocenters. The first-order valence-corrected chi connectivity index (χ1v) is 38.2. The number of benzene rings is 4. The van der Waals surface area contributed by atoms with Gasteiger partial charge in [-0.1, -0.05) is 208 Å². The van der Waals surface area contributed by atoms with Crippen LogP contribution in [0.3, 0.4) is 0 Å². The van der Waals surface area contributed by atoms with Gasteiger partial charge in [-0.15, -0.1) is 0 Å². The van der Waals surface area contributed by atoms with Crippen LogP contribution in [-0.4, -0.2) is 103 Å². The molecular weight excluding hydrogens is 1130 g/mol. The van der Waals surface area contributed by atoms with Gasteiger partial charge in [0.1, 0.15) is 23.2 Å². The molecule has 1 aliphatic heterocycles. The van der Waals surface area contributed by atoms with Gasteiger partial charge in [0, 0.05) is 50.9 Å². The lowest BCUT2D eigenvalue weighted by molar-refractivity contribution is -0.135. The third kappa shape index (κ3) is 16.9. The van der Waals surface area contributed by atoms with Gasteiger partial charge >= 0.3 is 11.9 Å². The number of hydrogen-bond acceptors (Lipinski definition) is 12. The number of aliphatic hydroxyl groups excluding tert-OH is 2. The molecule has 0 radical (unpaired) electrons. The Morgan fingerprint density at radius 3 is 1.78 bits per heavy atom. The zero-order valence-corrected chi connectivity index (χ0v) is 59.0. The molecule has 4 aromatic rings. The van der Waals surface area contributed by atoms with E-state index < -0.39 is 89.9 Å². The van der Waals surface area contributed by atoms with E-state index in [1.54, 1.807) is 19.4 Å². The zero-order valence-electron chi connectivity index (χ0n) is 56.0. The van der Waals surface area contributed by atoms with Crippen LogP contribution in [0.4, 0.5) is 0 Å². The number of fused-ring (bicyclic) bond motifs is 1. The molecule has 476 valence electrons. The normalized spacial score (nSPS) is 17.2. The summed E-state index contributed by atoms with van der Waals surface area (Å²) in [6, 6.07) is 32.2. The summed E-state index contributed by atoms with van der Waals surface area (Å²) in [5, 5.41) is 29.2. The molecule has 1 aliphatic rings. The molecule has 0 spiro atoms. The predicted octanol–water partition coefficient (Wildman–Crippen LogP) is 13.9. The summed E-state index contributed by atoms with van der Waals surface area (Å²) < 4.78 is 46.5. The van der Waals surface area contributed by atoms with Gasteiger partial charge in [-0.3, -0.25) is 9.59 Å². The number of ether oxygens (including phenoxy) is 4. The van der Waals surface area contributed by atoms with E-state index in [0.717, 1.165) is 15.9 Å². The SMILES string of the molecule is CO[C@@H](CC(C)COCc1ccccc1)[C@H](O[Si](c1ccccc1)(c1ccccc1)C(C)(C)C)C(=O)N/C=C/C[C@@H](O[Si](C)(C)C(C)(C)C)C(C)(C)[C@H](O)C[C@H](O)[C@@H](C)[C@H]1Cc2c(C)c(OC(C)=O)cc(O[Si](C(C)C)(C(C)C)C(C)C)c2C(=O)O1. The second-order valence-corrected chi connectivity index (χ2v) is 42.7. The third-order valence-electron chi connectivity index (χ3n) is 18.8. The van der Waals surface area contributed by atoms with Gasteiger partial charge in [-0.2, -0.15) is 0 Å². The van der Waals surface area contributed by atoms with Crippen molar-refractivity contribution in [2.24, 2.45) is 17.3 Å². The minimum Gasteiger partial charge on any atom is -0.542 e. The van der Waals surface area contributed by atoms with Crippen LogP contribution in [0.15, 0.2) is 109 Å². The van der Waals surface area contributed by atoms with Gasteiger partial charge in [-0.05, 0) is 98.7 Å². The number of methoxy groups -OCH3 is 1. The van der Waals surface area contributed by atoms with Gasteiger partial charge in [0.2, 0.25) is 0 Å². The number of carbonyl (C=O) groups is 3. The number of hydrogen-bond donors (Lipinski definition) is 3. The maximum Gasteiger partial charge on any atom is 0.342 e. The molecule has 1 unspecified atom stereocenters. The fourth-order valence-electron chi connectivity index (χ4n) is 12.5. The van der Waals surface area contributed by atoms with Gasteiger partial charge < -0.3 is 47.8 Å². The number of esters is 2.